The van der Waals surface area contributed by atoms with Crippen molar-refractivity contribution in [2.45, 2.75) is 18.1 Å². The van der Waals surface area contributed by atoms with Crippen molar-refractivity contribution < 1.29 is 4.79 Å². The van der Waals surface area contributed by atoms with Crippen LogP contribution in [0, 0.1) is 0 Å². The van der Waals surface area contributed by atoms with Gasteiger partial charge in [0.25, 0.3) is 5.91 Å². The van der Waals surface area contributed by atoms with E-state index >= 15 is 0 Å². The molecule has 3 nitrogen and oxygen atoms in total. The molecular weight excluding hydrogens is 288 g/mol. The van der Waals surface area contributed by atoms with Crippen LogP contribution in [-0.2, 0) is 0 Å². The number of benzene rings is 1. The molecule has 0 aliphatic rings. The van der Waals surface area contributed by atoms with Crippen molar-refractivity contribution in [1.29, 1.82) is 0 Å². The molecule has 0 unspecified atom stereocenters. The summed E-state index contributed by atoms with van der Waals surface area (Å²) >= 11 is 5.88. The molecule has 0 radical (unpaired) electrons. The Hall–Kier alpha value is -1.30. The molecule has 1 heterocycles. The van der Waals surface area contributed by atoms with Crippen LogP contribution in [0.5, 0.6) is 0 Å². The quantitative estimate of drug-likeness (QED) is 0.741. The Bertz CT molecular complexity index is 524. The van der Waals surface area contributed by atoms with E-state index in [1.165, 1.54) is 7.05 Å². The molecule has 1 amide bonds. The van der Waals surface area contributed by atoms with Gasteiger partial charge in [-0.25, -0.2) is 0 Å². The average Bonchev–Trinajstić information content (AvgIpc) is 2.97. The third-order valence-electron chi connectivity index (χ3n) is 2.23. The van der Waals surface area contributed by atoms with Gasteiger partial charge in [0.05, 0.1) is 4.21 Å². The van der Waals surface area contributed by atoms with Crippen molar-refractivity contribution in [2.75, 3.05) is 14.1 Å². The summed E-state index contributed by atoms with van der Waals surface area (Å²) in [4.78, 5) is 12.6. The predicted molar refractivity (Wildman–Crippen MR) is 91.9 cm³/mol. The average molecular weight is 310 g/mol. The lowest BCUT2D eigenvalue weighted by atomic mass is 10.1. The Morgan fingerprint density at radius 2 is 1.85 bits per heavy atom. The first-order valence-corrected chi connectivity index (χ1v) is 7.66. The van der Waals surface area contributed by atoms with E-state index in [-0.39, 0.29) is 5.91 Å². The fourth-order valence-corrected chi connectivity index (χ4v) is 2.55. The topological polar surface area (TPSA) is 55.1 Å². The molecule has 2 rings (SSSR count). The second kappa shape index (κ2) is 10.5. The summed E-state index contributed by atoms with van der Waals surface area (Å²) in [5.41, 5.74) is 6.22. The zero-order valence-corrected chi connectivity index (χ0v) is 14.0. The first-order valence-electron chi connectivity index (χ1n) is 6.40. The summed E-state index contributed by atoms with van der Waals surface area (Å²) < 4.78 is 0.973. The monoisotopic (exact) mass is 310 g/mol. The number of thiophene rings is 1. The molecule has 2 aromatic rings. The van der Waals surface area contributed by atoms with Gasteiger partial charge in [-0.3, -0.25) is 4.79 Å². The molecule has 0 aliphatic heterocycles. The number of carbonyl (C=O) groups is 1. The van der Waals surface area contributed by atoms with Gasteiger partial charge in [0.2, 0.25) is 0 Å². The number of carbonyl (C=O) groups excluding carboxylic acids is 1. The third kappa shape index (κ3) is 5.36. The number of rotatable bonds is 2. The fourth-order valence-electron chi connectivity index (χ4n) is 1.44. The Morgan fingerprint density at radius 3 is 2.35 bits per heavy atom. The maximum atomic E-state index is 11.5. The summed E-state index contributed by atoms with van der Waals surface area (Å²) in [6, 6.07) is 11.5. The van der Waals surface area contributed by atoms with Crippen LogP contribution in [0.3, 0.4) is 0 Å². The summed E-state index contributed by atoms with van der Waals surface area (Å²) in [6.45, 7) is 4.00. The van der Waals surface area contributed by atoms with Gasteiger partial charge in [0.15, 0.2) is 0 Å². The number of nitrogens with one attached hydrogen (secondary N) is 1. The molecule has 110 valence electrons. The van der Waals surface area contributed by atoms with Gasteiger partial charge >= 0.3 is 0 Å². The lowest BCUT2D eigenvalue weighted by Crippen LogP contribution is -2.17. The molecule has 0 fully saturated rings. The van der Waals surface area contributed by atoms with E-state index in [4.69, 9.17) is 0 Å². The number of nitrogens with two attached hydrogens (primary N) is 1. The normalized spacial score (nSPS) is 8.70. The Morgan fingerprint density at radius 1 is 1.20 bits per heavy atom. The van der Waals surface area contributed by atoms with Gasteiger partial charge < -0.3 is 11.1 Å². The van der Waals surface area contributed by atoms with Crippen LogP contribution in [0.15, 0.2) is 40.6 Å². The number of thiol groups is 1. The highest BCUT2D eigenvalue weighted by atomic mass is 32.2. The van der Waals surface area contributed by atoms with Crippen LogP contribution in [0.4, 0.5) is 0 Å². The first kappa shape index (κ1) is 18.7. The zero-order chi connectivity index (χ0) is 15.5. The molecule has 3 N–H and O–H groups in total. The summed E-state index contributed by atoms with van der Waals surface area (Å²) in [6.07, 6.45) is 0. The minimum absolute atomic E-state index is 0.0653. The van der Waals surface area contributed by atoms with Crippen LogP contribution in [-0.4, -0.2) is 20.0 Å². The molecule has 0 spiro atoms. The van der Waals surface area contributed by atoms with Crippen molar-refractivity contribution in [3.8, 4) is 10.4 Å². The highest BCUT2D eigenvalue weighted by Crippen LogP contribution is 2.30. The van der Waals surface area contributed by atoms with Crippen molar-refractivity contribution in [3.63, 3.8) is 0 Å². The molecule has 1 aromatic heterocycles. The highest BCUT2D eigenvalue weighted by molar-refractivity contribution is 7.83. The molecule has 0 atom stereocenters. The van der Waals surface area contributed by atoms with Crippen LogP contribution < -0.4 is 11.1 Å². The molecule has 0 saturated carbocycles. The Kier molecular flexibility index (Phi) is 9.80. The summed E-state index contributed by atoms with van der Waals surface area (Å²) in [7, 11) is 3.13. The molecule has 1 aromatic carbocycles. The van der Waals surface area contributed by atoms with Gasteiger partial charge in [-0.15, -0.1) is 24.0 Å². The van der Waals surface area contributed by atoms with Crippen LogP contribution in [0.1, 0.15) is 24.2 Å². The minimum Gasteiger partial charge on any atom is -0.355 e. The SMILES string of the molecule is CC.CN.CNC(=O)c1cccc(-c2ccc(S)s2)c1. The van der Waals surface area contributed by atoms with Crippen LogP contribution in [0.25, 0.3) is 10.4 Å². The standard InChI is InChI=1S/C12H11NOS2.C2H6.CH5N/c1-13-12(14)9-4-2-3-8(7-9)10-5-6-11(15)16-10;2*1-2/h2-7,15H,1H3,(H,13,14);1-2H3;2H2,1H3. The van der Waals surface area contributed by atoms with Crippen molar-refractivity contribution in [3.05, 3.63) is 42.0 Å². The maximum absolute atomic E-state index is 11.5. The molecule has 0 saturated heterocycles. The second-order valence-electron chi connectivity index (χ2n) is 3.30. The van der Waals surface area contributed by atoms with Gasteiger partial charge in [0, 0.05) is 17.5 Å². The van der Waals surface area contributed by atoms with E-state index in [1.54, 1.807) is 24.5 Å². The highest BCUT2D eigenvalue weighted by Gasteiger charge is 2.06. The molecule has 20 heavy (non-hydrogen) atoms. The molecular formula is C15H22N2OS2. The zero-order valence-electron chi connectivity index (χ0n) is 12.3. The molecule has 0 bridgehead atoms. The predicted octanol–water partition coefficient (Wildman–Crippen LogP) is 3.66. The fraction of sp³-hybridized carbons (Fsp3) is 0.267. The summed E-state index contributed by atoms with van der Waals surface area (Å²) in [5.74, 6) is -0.0653. The number of hydrogen-bond acceptors (Lipinski definition) is 4. The van der Waals surface area contributed by atoms with Gasteiger partial charge in [-0.2, -0.15) is 0 Å². The second-order valence-corrected chi connectivity index (χ2v) is 5.17. The van der Waals surface area contributed by atoms with E-state index in [9.17, 15) is 4.79 Å². The molecule has 5 heteroatoms. The first-order chi connectivity index (χ1) is 9.70. The smallest absolute Gasteiger partial charge is 0.251 e. The Balaban J connectivity index is 0.000000829. The van der Waals surface area contributed by atoms with Crippen LogP contribution in [0.2, 0.25) is 0 Å². The van der Waals surface area contributed by atoms with Gasteiger partial charge in [0.1, 0.15) is 0 Å². The number of hydrogen-bond donors (Lipinski definition) is 3. The maximum Gasteiger partial charge on any atom is 0.251 e. The summed E-state index contributed by atoms with van der Waals surface area (Å²) in [5, 5.41) is 2.61. The number of amides is 1. The Labute approximate surface area is 130 Å². The molecule has 0 aliphatic carbocycles. The van der Waals surface area contributed by atoms with E-state index in [0.29, 0.717) is 5.56 Å². The minimum atomic E-state index is -0.0653. The van der Waals surface area contributed by atoms with Crippen LogP contribution >= 0.6 is 24.0 Å². The van der Waals surface area contributed by atoms with Crippen molar-refractivity contribution >= 4 is 29.9 Å². The van der Waals surface area contributed by atoms with E-state index < -0.39 is 0 Å². The lowest BCUT2D eigenvalue weighted by molar-refractivity contribution is 0.0963. The lowest BCUT2D eigenvalue weighted by Gasteiger charge is -2.02. The van der Waals surface area contributed by atoms with Crippen molar-refractivity contribution in [1.82, 2.24) is 5.32 Å². The van der Waals surface area contributed by atoms with E-state index in [0.717, 1.165) is 14.6 Å². The van der Waals surface area contributed by atoms with Gasteiger partial charge in [-0.05, 0) is 36.9 Å². The van der Waals surface area contributed by atoms with Crippen molar-refractivity contribution in [2.24, 2.45) is 5.73 Å². The third-order valence-corrected chi connectivity index (χ3v) is 3.59. The van der Waals surface area contributed by atoms with Gasteiger partial charge in [-0.1, -0.05) is 26.0 Å². The van der Waals surface area contributed by atoms with E-state index in [1.807, 2.05) is 44.2 Å². The largest absolute Gasteiger partial charge is 0.355 e. The van der Waals surface area contributed by atoms with E-state index in [2.05, 4.69) is 23.7 Å².